The summed E-state index contributed by atoms with van der Waals surface area (Å²) < 4.78 is 0. The molecule has 0 amide bonds. The molecule has 0 aromatic carbocycles. The molecule has 0 bridgehead atoms. The van der Waals surface area contributed by atoms with Crippen molar-refractivity contribution in [3.8, 4) is 5.75 Å². The third kappa shape index (κ3) is 1.26. The molecule has 0 aliphatic rings. The summed E-state index contributed by atoms with van der Waals surface area (Å²) >= 11 is 0. The lowest BCUT2D eigenvalue weighted by molar-refractivity contribution is 0.419. The van der Waals surface area contributed by atoms with Crippen molar-refractivity contribution in [2.24, 2.45) is 0 Å². The highest BCUT2D eigenvalue weighted by Crippen LogP contribution is 2.00. The van der Waals surface area contributed by atoms with Gasteiger partial charge in [-0.15, -0.1) is 0 Å². The van der Waals surface area contributed by atoms with Gasteiger partial charge in [0.1, 0.15) is 5.75 Å². The number of pyridine rings is 1. The number of hydrogen-bond acceptors (Lipinski definition) is 4. The SMILES string of the molecule is OB(O)c1cnccc1O. The van der Waals surface area contributed by atoms with E-state index in [0.717, 1.165) is 0 Å². The summed E-state index contributed by atoms with van der Waals surface area (Å²) in [5.74, 6) is -0.162. The van der Waals surface area contributed by atoms with Crippen LogP contribution in [0.25, 0.3) is 0 Å². The Labute approximate surface area is 57.9 Å². The molecule has 3 N–H and O–H groups in total. The second-order valence-corrected chi connectivity index (χ2v) is 1.81. The fourth-order valence-electron chi connectivity index (χ4n) is 0.598. The number of aromatic hydroxyl groups is 1. The van der Waals surface area contributed by atoms with Gasteiger partial charge in [-0.05, 0) is 6.07 Å². The molecular formula is C5H6BNO3. The van der Waals surface area contributed by atoms with Crippen LogP contribution in [0.2, 0.25) is 0 Å². The molecule has 0 radical (unpaired) electrons. The number of rotatable bonds is 1. The summed E-state index contributed by atoms with van der Waals surface area (Å²) in [7, 11) is -1.66. The van der Waals surface area contributed by atoms with Crippen LogP contribution in [0.15, 0.2) is 18.5 Å². The monoisotopic (exact) mass is 139 g/mol. The molecule has 5 heteroatoms. The Kier molecular flexibility index (Phi) is 1.89. The van der Waals surface area contributed by atoms with Crippen LogP contribution in [0, 0.1) is 0 Å². The summed E-state index contributed by atoms with van der Waals surface area (Å²) in [5.41, 5.74) is 0.0162. The quantitative estimate of drug-likeness (QED) is 0.412. The molecule has 0 spiro atoms. The highest BCUT2D eigenvalue weighted by atomic mass is 16.4. The molecule has 0 unspecified atom stereocenters. The number of hydrogen-bond donors (Lipinski definition) is 3. The van der Waals surface area contributed by atoms with Crippen LogP contribution in [-0.4, -0.2) is 27.3 Å². The molecule has 1 rings (SSSR count). The van der Waals surface area contributed by atoms with Gasteiger partial charge in [-0.25, -0.2) is 0 Å². The van der Waals surface area contributed by atoms with Gasteiger partial charge in [0.2, 0.25) is 0 Å². The number of nitrogens with zero attached hydrogens (tertiary/aromatic N) is 1. The third-order valence-corrected chi connectivity index (χ3v) is 1.11. The van der Waals surface area contributed by atoms with Crippen LogP contribution in [0.4, 0.5) is 0 Å². The first-order valence-corrected chi connectivity index (χ1v) is 2.71. The van der Waals surface area contributed by atoms with Crippen LogP contribution < -0.4 is 5.46 Å². The van der Waals surface area contributed by atoms with Crippen molar-refractivity contribution in [3.05, 3.63) is 18.5 Å². The lowest BCUT2D eigenvalue weighted by Gasteiger charge is -1.99. The zero-order valence-corrected chi connectivity index (χ0v) is 5.10. The Morgan fingerprint density at radius 3 is 2.50 bits per heavy atom. The van der Waals surface area contributed by atoms with Crippen molar-refractivity contribution < 1.29 is 15.2 Å². The molecular weight excluding hydrogens is 133 g/mol. The summed E-state index contributed by atoms with van der Waals surface area (Å²) in [5, 5.41) is 26.0. The van der Waals surface area contributed by atoms with Crippen molar-refractivity contribution >= 4 is 12.6 Å². The standard InChI is InChI=1S/C5H6BNO3/c8-5-1-2-7-3-4(5)6(9)10/h1-3,9-10H,(H,7,8). The van der Waals surface area contributed by atoms with E-state index in [0.29, 0.717) is 0 Å². The minimum absolute atomic E-state index is 0.0162. The van der Waals surface area contributed by atoms with Gasteiger partial charge in [-0.2, -0.15) is 0 Å². The molecule has 1 aromatic rings. The van der Waals surface area contributed by atoms with Gasteiger partial charge < -0.3 is 15.2 Å². The van der Waals surface area contributed by atoms with Crippen molar-refractivity contribution in [1.29, 1.82) is 0 Å². The lowest BCUT2D eigenvalue weighted by Crippen LogP contribution is -2.30. The van der Waals surface area contributed by atoms with Crippen LogP contribution >= 0.6 is 0 Å². The van der Waals surface area contributed by atoms with E-state index < -0.39 is 7.12 Å². The van der Waals surface area contributed by atoms with Crippen LogP contribution in [-0.2, 0) is 0 Å². The van der Waals surface area contributed by atoms with E-state index in [2.05, 4.69) is 4.98 Å². The maximum absolute atomic E-state index is 8.92. The average Bonchev–Trinajstić information content (AvgIpc) is 1.88. The van der Waals surface area contributed by atoms with Gasteiger partial charge >= 0.3 is 7.12 Å². The van der Waals surface area contributed by atoms with Gasteiger partial charge in [0, 0.05) is 17.9 Å². The second-order valence-electron chi connectivity index (χ2n) is 1.81. The Hall–Kier alpha value is -1.07. The van der Waals surface area contributed by atoms with Gasteiger partial charge in [0.15, 0.2) is 0 Å². The molecule has 0 saturated carbocycles. The molecule has 4 nitrogen and oxygen atoms in total. The number of aromatic nitrogens is 1. The smallest absolute Gasteiger partial charge is 0.493 e. The lowest BCUT2D eigenvalue weighted by atomic mass is 9.81. The zero-order valence-electron chi connectivity index (χ0n) is 5.10. The van der Waals surface area contributed by atoms with E-state index in [4.69, 9.17) is 15.2 Å². The van der Waals surface area contributed by atoms with Gasteiger partial charge in [0.25, 0.3) is 0 Å². The molecule has 0 aliphatic heterocycles. The molecule has 1 aromatic heterocycles. The van der Waals surface area contributed by atoms with E-state index in [1.54, 1.807) is 0 Å². The van der Waals surface area contributed by atoms with Crippen molar-refractivity contribution in [2.45, 2.75) is 0 Å². The maximum Gasteiger partial charge on any atom is 0.493 e. The summed E-state index contributed by atoms with van der Waals surface area (Å²) in [6, 6.07) is 1.29. The Balaban J connectivity index is 3.03. The normalized spacial score (nSPS) is 9.40. The van der Waals surface area contributed by atoms with Gasteiger partial charge in [0.05, 0.1) is 0 Å². The molecule has 0 fully saturated rings. The Morgan fingerprint density at radius 2 is 2.10 bits per heavy atom. The average molecular weight is 139 g/mol. The van der Waals surface area contributed by atoms with E-state index in [1.165, 1.54) is 18.5 Å². The van der Waals surface area contributed by atoms with Crippen LogP contribution in [0.3, 0.4) is 0 Å². The highest BCUT2D eigenvalue weighted by Gasteiger charge is 2.14. The van der Waals surface area contributed by atoms with Crippen LogP contribution in [0.1, 0.15) is 0 Å². The molecule has 0 atom stereocenters. The van der Waals surface area contributed by atoms with E-state index >= 15 is 0 Å². The first-order valence-electron chi connectivity index (χ1n) is 2.71. The minimum Gasteiger partial charge on any atom is -0.508 e. The predicted octanol–water partition coefficient (Wildman–Crippen LogP) is -1.53. The second kappa shape index (κ2) is 2.68. The van der Waals surface area contributed by atoms with Crippen molar-refractivity contribution in [2.75, 3.05) is 0 Å². The first kappa shape index (κ1) is 7.05. The van der Waals surface area contributed by atoms with Gasteiger partial charge in [-0.3, -0.25) is 4.98 Å². The molecule has 10 heavy (non-hydrogen) atoms. The van der Waals surface area contributed by atoms with E-state index in [1.807, 2.05) is 0 Å². The van der Waals surface area contributed by atoms with Gasteiger partial charge in [-0.1, -0.05) is 0 Å². The molecule has 0 aliphatic carbocycles. The van der Waals surface area contributed by atoms with Crippen molar-refractivity contribution in [1.82, 2.24) is 4.98 Å². The summed E-state index contributed by atoms with van der Waals surface area (Å²) in [6.45, 7) is 0. The largest absolute Gasteiger partial charge is 0.508 e. The third-order valence-electron chi connectivity index (χ3n) is 1.11. The first-order chi connectivity index (χ1) is 4.72. The zero-order chi connectivity index (χ0) is 7.56. The Bertz CT molecular complexity index is 228. The fourth-order valence-corrected chi connectivity index (χ4v) is 0.598. The fraction of sp³-hybridized carbons (Fsp3) is 0. The van der Waals surface area contributed by atoms with Crippen molar-refractivity contribution in [3.63, 3.8) is 0 Å². The minimum atomic E-state index is -1.66. The topological polar surface area (TPSA) is 73.6 Å². The van der Waals surface area contributed by atoms with Crippen LogP contribution in [0.5, 0.6) is 5.75 Å². The van der Waals surface area contributed by atoms with E-state index in [-0.39, 0.29) is 11.2 Å². The Morgan fingerprint density at radius 1 is 1.40 bits per heavy atom. The molecule has 52 valence electrons. The van der Waals surface area contributed by atoms with E-state index in [9.17, 15) is 0 Å². The summed E-state index contributed by atoms with van der Waals surface area (Å²) in [6.07, 6.45) is 2.56. The predicted molar refractivity (Wildman–Crippen MR) is 35.7 cm³/mol. The highest BCUT2D eigenvalue weighted by molar-refractivity contribution is 6.59. The maximum atomic E-state index is 8.92. The summed E-state index contributed by atoms with van der Waals surface area (Å²) in [4.78, 5) is 3.59. The molecule has 0 saturated heterocycles. The molecule has 1 heterocycles.